The number of carbonyl (C=O) groups excluding carboxylic acids is 1. The first kappa shape index (κ1) is 18.2. The van der Waals surface area contributed by atoms with E-state index in [1.54, 1.807) is 6.20 Å². The summed E-state index contributed by atoms with van der Waals surface area (Å²) in [6.07, 6.45) is 6.47. The van der Waals surface area contributed by atoms with Crippen molar-refractivity contribution in [2.75, 3.05) is 39.8 Å². The monoisotopic (exact) mass is 343 g/mol. The van der Waals surface area contributed by atoms with Crippen LogP contribution >= 0.6 is 12.4 Å². The molecule has 2 saturated heterocycles. The van der Waals surface area contributed by atoms with Crippen molar-refractivity contribution >= 4 is 18.4 Å². The number of rotatable bonds is 4. The zero-order valence-corrected chi connectivity index (χ0v) is 14.4. The number of methoxy groups -OCH3 is 1. The second-order valence-electron chi connectivity index (χ2n) is 6.32. The van der Waals surface area contributed by atoms with Gasteiger partial charge in [0.15, 0.2) is 5.69 Å². The van der Waals surface area contributed by atoms with Gasteiger partial charge in [-0.25, -0.2) is 9.48 Å². The molecule has 7 nitrogen and oxygen atoms in total. The molecule has 2 fully saturated rings. The first-order valence-electron chi connectivity index (χ1n) is 8.19. The fraction of sp³-hybridized carbons (Fsp3) is 0.800. The van der Waals surface area contributed by atoms with Crippen molar-refractivity contribution < 1.29 is 9.53 Å². The van der Waals surface area contributed by atoms with Crippen LogP contribution in [-0.2, 0) is 4.74 Å². The number of nitrogens with zero attached hydrogens (tertiary/aromatic N) is 4. The van der Waals surface area contributed by atoms with E-state index in [-0.39, 0.29) is 12.4 Å². The summed E-state index contributed by atoms with van der Waals surface area (Å²) < 4.78 is 6.49. The molecule has 1 unspecified atom stereocenters. The molecule has 2 aliphatic heterocycles. The number of halogens is 1. The van der Waals surface area contributed by atoms with E-state index < -0.39 is 5.97 Å². The standard InChI is InChI=1S/C15H25N5O2.ClH/c1-22-15(21)14-11-20(18-17-14)13-4-7-19(8-5-13)10-12-3-2-6-16-9-12;/h11-13,16H,2-10H2,1H3;1H. The average Bonchev–Trinajstić information content (AvgIpc) is 3.06. The third-order valence-corrected chi connectivity index (χ3v) is 4.75. The summed E-state index contributed by atoms with van der Waals surface area (Å²) in [6, 6.07) is 0.339. The predicted molar refractivity (Wildman–Crippen MR) is 88.9 cm³/mol. The molecule has 0 saturated carbocycles. The van der Waals surface area contributed by atoms with Crippen LogP contribution in [0.5, 0.6) is 0 Å². The number of aromatic nitrogens is 3. The molecule has 1 aromatic heterocycles. The van der Waals surface area contributed by atoms with Gasteiger partial charge < -0.3 is 15.0 Å². The quantitative estimate of drug-likeness (QED) is 0.826. The van der Waals surface area contributed by atoms with Gasteiger partial charge in [0.05, 0.1) is 19.3 Å². The highest BCUT2D eigenvalue weighted by atomic mass is 35.5. The predicted octanol–water partition coefficient (Wildman–Crippen LogP) is 1.12. The van der Waals surface area contributed by atoms with Gasteiger partial charge in [-0.2, -0.15) is 0 Å². The summed E-state index contributed by atoms with van der Waals surface area (Å²) in [6.45, 7) is 5.71. The number of nitrogens with one attached hydrogen (secondary N) is 1. The molecule has 0 bridgehead atoms. The van der Waals surface area contributed by atoms with E-state index in [0.29, 0.717) is 11.7 Å². The molecule has 8 heteroatoms. The highest BCUT2D eigenvalue weighted by Crippen LogP contribution is 2.23. The lowest BCUT2D eigenvalue weighted by Crippen LogP contribution is -2.42. The molecule has 23 heavy (non-hydrogen) atoms. The Balaban J connectivity index is 0.00000192. The molecule has 1 N–H and O–H groups in total. The number of ether oxygens (including phenoxy) is 1. The Kier molecular flexibility index (Phi) is 6.80. The third-order valence-electron chi connectivity index (χ3n) is 4.75. The van der Waals surface area contributed by atoms with Crippen molar-refractivity contribution in [3.8, 4) is 0 Å². The number of hydrogen-bond acceptors (Lipinski definition) is 6. The van der Waals surface area contributed by atoms with Crippen molar-refractivity contribution in [2.24, 2.45) is 5.92 Å². The second kappa shape index (κ2) is 8.61. The zero-order chi connectivity index (χ0) is 15.4. The molecule has 0 aliphatic carbocycles. The fourth-order valence-corrected chi connectivity index (χ4v) is 3.46. The van der Waals surface area contributed by atoms with Crippen LogP contribution in [0.1, 0.15) is 42.2 Å². The van der Waals surface area contributed by atoms with Crippen LogP contribution in [0.15, 0.2) is 6.20 Å². The minimum absolute atomic E-state index is 0. The molecule has 130 valence electrons. The van der Waals surface area contributed by atoms with Gasteiger partial charge in [-0.1, -0.05) is 5.21 Å². The van der Waals surface area contributed by atoms with Crippen LogP contribution in [0.4, 0.5) is 0 Å². The fourth-order valence-electron chi connectivity index (χ4n) is 3.46. The SMILES string of the molecule is COC(=O)c1cn(C2CCN(CC3CCCNC3)CC2)nn1.Cl. The first-order chi connectivity index (χ1) is 10.8. The molecule has 0 aromatic carbocycles. The Bertz CT molecular complexity index is 496. The molecule has 3 heterocycles. The van der Waals surface area contributed by atoms with Crippen LogP contribution in [0, 0.1) is 5.92 Å². The summed E-state index contributed by atoms with van der Waals surface area (Å²) in [5, 5.41) is 11.5. The van der Waals surface area contributed by atoms with Gasteiger partial charge in [0, 0.05) is 19.6 Å². The maximum atomic E-state index is 11.4. The summed E-state index contributed by atoms with van der Waals surface area (Å²) in [5.74, 6) is 0.371. The van der Waals surface area contributed by atoms with Crippen LogP contribution < -0.4 is 5.32 Å². The molecule has 3 rings (SSSR count). The summed E-state index contributed by atoms with van der Waals surface area (Å²) in [7, 11) is 1.36. The molecule has 0 radical (unpaired) electrons. The number of piperidine rings is 2. The van der Waals surface area contributed by atoms with Crippen molar-refractivity contribution in [2.45, 2.75) is 31.7 Å². The van der Waals surface area contributed by atoms with Gasteiger partial charge >= 0.3 is 5.97 Å². The second-order valence-corrected chi connectivity index (χ2v) is 6.32. The summed E-state index contributed by atoms with van der Waals surface area (Å²) >= 11 is 0. The summed E-state index contributed by atoms with van der Waals surface area (Å²) in [4.78, 5) is 14.0. The minimum Gasteiger partial charge on any atom is -0.464 e. The van der Waals surface area contributed by atoms with Gasteiger partial charge in [0.25, 0.3) is 0 Å². The molecule has 0 spiro atoms. The number of carbonyl (C=O) groups is 1. The van der Waals surface area contributed by atoms with E-state index in [2.05, 4.69) is 25.3 Å². The number of hydrogen-bond donors (Lipinski definition) is 1. The molecular weight excluding hydrogens is 318 g/mol. The van der Waals surface area contributed by atoms with E-state index in [4.69, 9.17) is 0 Å². The number of likely N-dealkylation sites (tertiary alicyclic amines) is 1. The average molecular weight is 344 g/mol. The summed E-state index contributed by atoms with van der Waals surface area (Å²) in [5.41, 5.74) is 0.290. The minimum atomic E-state index is -0.423. The Morgan fingerprint density at radius 2 is 2.17 bits per heavy atom. The Morgan fingerprint density at radius 3 is 2.83 bits per heavy atom. The van der Waals surface area contributed by atoms with Crippen LogP contribution in [0.25, 0.3) is 0 Å². The van der Waals surface area contributed by atoms with Crippen molar-refractivity contribution in [1.29, 1.82) is 0 Å². The van der Waals surface area contributed by atoms with Gasteiger partial charge in [-0.05, 0) is 44.7 Å². The van der Waals surface area contributed by atoms with E-state index in [1.165, 1.54) is 33.0 Å². The Labute approximate surface area is 143 Å². The van der Waals surface area contributed by atoms with Crippen molar-refractivity contribution in [3.05, 3.63) is 11.9 Å². The zero-order valence-electron chi connectivity index (χ0n) is 13.6. The number of esters is 1. The molecule has 0 amide bonds. The Morgan fingerprint density at radius 1 is 1.39 bits per heavy atom. The maximum Gasteiger partial charge on any atom is 0.360 e. The Hall–Kier alpha value is -1.18. The highest BCUT2D eigenvalue weighted by molar-refractivity contribution is 5.86. The topological polar surface area (TPSA) is 72.3 Å². The lowest BCUT2D eigenvalue weighted by molar-refractivity contribution is 0.0594. The molecule has 1 aromatic rings. The van der Waals surface area contributed by atoms with Crippen LogP contribution in [-0.4, -0.2) is 65.7 Å². The molecule has 1 atom stereocenters. The van der Waals surface area contributed by atoms with E-state index in [0.717, 1.165) is 38.4 Å². The van der Waals surface area contributed by atoms with Gasteiger partial charge in [-0.3, -0.25) is 0 Å². The first-order valence-corrected chi connectivity index (χ1v) is 8.19. The van der Waals surface area contributed by atoms with Crippen molar-refractivity contribution in [1.82, 2.24) is 25.2 Å². The highest BCUT2D eigenvalue weighted by Gasteiger charge is 2.25. The smallest absolute Gasteiger partial charge is 0.360 e. The molecular formula is C15H26ClN5O2. The normalized spacial score (nSPS) is 23.3. The molecule has 2 aliphatic rings. The van der Waals surface area contributed by atoms with Crippen LogP contribution in [0.2, 0.25) is 0 Å². The van der Waals surface area contributed by atoms with Crippen molar-refractivity contribution in [3.63, 3.8) is 0 Å². The van der Waals surface area contributed by atoms with Gasteiger partial charge in [0.1, 0.15) is 0 Å². The van der Waals surface area contributed by atoms with E-state index in [1.807, 2.05) is 4.68 Å². The lowest BCUT2D eigenvalue weighted by atomic mass is 9.97. The largest absolute Gasteiger partial charge is 0.464 e. The van der Waals surface area contributed by atoms with Crippen LogP contribution in [0.3, 0.4) is 0 Å². The maximum absolute atomic E-state index is 11.4. The van der Waals surface area contributed by atoms with Gasteiger partial charge in [-0.15, -0.1) is 17.5 Å². The lowest BCUT2D eigenvalue weighted by Gasteiger charge is -2.35. The third kappa shape index (κ3) is 4.65. The van der Waals surface area contributed by atoms with Gasteiger partial charge in [0.2, 0.25) is 0 Å². The van der Waals surface area contributed by atoms with E-state index in [9.17, 15) is 4.79 Å². The van der Waals surface area contributed by atoms with E-state index >= 15 is 0 Å².